The van der Waals surface area contributed by atoms with Gasteiger partial charge in [-0.25, -0.2) is 9.67 Å². The van der Waals surface area contributed by atoms with Gasteiger partial charge in [-0.15, -0.1) is 0 Å². The highest BCUT2D eigenvalue weighted by Gasteiger charge is 2.51. The van der Waals surface area contributed by atoms with Crippen LogP contribution in [-0.2, 0) is 10.2 Å². The van der Waals surface area contributed by atoms with Gasteiger partial charge in [-0.1, -0.05) is 59.8 Å². The first-order valence-corrected chi connectivity index (χ1v) is 11.7. The van der Waals surface area contributed by atoms with Crippen LogP contribution in [0.4, 0.5) is 11.5 Å². The molecule has 0 radical (unpaired) electrons. The van der Waals surface area contributed by atoms with Crippen LogP contribution in [0.15, 0.2) is 89.7 Å². The minimum Gasteiger partial charge on any atom is -0.481 e. The average molecular weight is 478 g/mol. The molecule has 1 fully saturated rings. The highest BCUT2D eigenvalue weighted by atomic mass is 16.5. The van der Waals surface area contributed by atoms with Gasteiger partial charge in [-0.3, -0.25) is 4.79 Å². The van der Waals surface area contributed by atoms with E-state index >= 15 is 0 Å². The summed E-state index contributed by atoms with van der Waals surface area (Å²) in [7, 11) is 0. The van der Waals surface area contributed by atoms with Crippen LogP contribution in [0.2, 0.25) is 0 Å². The number of carbonyl (C=O) groups is 1. The Kier molecular flexibility index (Phi) is 5.14. The van der Waals surface area contributed by atoms with Crippen molar-refractivity contribution in [2.45, 2.75) is 25.2 Å². The molecule has 0 atom stereocenters. The fraction of sp³-hybridized carbons (Fsp3) is 0.143. The minimum absolute atomic E-state index is 0.623. The molecule has 3 aromatic heterocycles. The van der Waals surface area contributed by atoms with Crippen molar-refractivity contribution in [3.8, 4) is 28.3 Å². The van der Waals surface area contributed by atoms with Crippen LogP contribution in [0.5, 0.6) is 0 Å². The molecule has 1 aliphatic carbocycles. The maximum absolute atomic E-state index is 11.6. The molecule has 1 saturated carbocycles. The van der Waals surface area contributed by atoms with Gasteiger partial charge < -0.3 is 14.9 Å². The summed E-state index contributed by atoms with van der Waals surface area (Å²) in [6.45, 7) is 1.88. The third-order valence-corrected chi connectivity index (χ3v) is 6.67. The van der Waals surface area contributed by atoms with E-state index in [1.807, 2.05) is 85.9 Å². The third-order valence-electron chi connectivity index (χ3n) is 6.67. The highest BCUT2D eigenvalue weighted by Crippen LogP contribution is 2.48. The number of nitrogens with one attached hydrogen (secondary N) is 1. The summed E-state index contributed by atoms with van der Waals surface area (Å²) in [4.78, 5) is 16.2. The van der Waals surface area contributed by atoms with Gasteiger partial charge in [0.1, 0.15) is 17.2 Å². The fourth-order valence-corrected chi connectivity index (χ4v) is 4.41. The molecule has 178 valence electrons. The number of hydrogen-bond acceptors (Lipinski definition) is 6. The molecule has 8 nitrogen and oxygen atoms in total. The number of aryl methyl sites for hydroxylation is 1. The molecule has 2 aromatic carbocycles. The van der Waals surface area contributed by atoms with Gasteiger partial charge in [0, 0.05) is 18.0 Å². The van der Waals surface area contributed by atoms with Gasteiger partial charge >= 0.3 is 5.97 Å². The van der Waals surface area contributed by atoms with Crippen molar-refractivity contribution in [2.75, 3.05) is 5.32 Å². The summed E-state index contributed by atoms with van der Waals surface area (Å²) >= 11 is 0. The number of anilines is 2. The molecule has 0 amide bonds. The number of aliphatic carboxylic acids is 1. The van der Waals surface area contributed by atoms with Gasteiger partial charge in [-0.2, -0.15) is 5.10 Å². The number of pyridine rings is 1. The normalized spacial score (nSPS) is 13.9. The third kappa shape index (κ3) is 3.82. The van der Waals surface area contributed by atoms with E-state index in [0.717, 1.165) is 33.6 Å². The number of carboxylic acid groups (broad SMARTS) is 1. The predicted molar refractivity (Wildman–Crippen MR) is 135 cm³/mol. The Morgan fingerprint density at radius 1 is 0.972 bits per heavy atom. The standard InChI is InChI=1S/C28H23N5O3/c1-18-25(31-23-4-2-5-24(30-23)33-17-3-16-29-33)26(36-32-18)21-8-6-19(7-9-21)20-10-12-22(13-11-20)28(14-15-28)27(34)35/h2-13,16-17H,14-15H2,1H3,(H,30,31)(H,34,35). The second-order valence-electron chi connectivity index (χ2n) is 8.97. The van der Waals surface area contributed by atoms with E-state index in [1.165, 1.54) is 0 Å². The van der Waals surface area contributed by atoms with Crippen LogP contribution in [0.25, 0.3) is 28.3 Å². The maximum Gasteiger partial charge on any atom is 0.314 e. The van der Waals surface area contributed by atoms with Gasteiger partial charge in [0.25, 0.3) is 0 Å². The molecule has 0 aliphatic heterocycles. The molecule has 8 heteroatoms. The average Bonchev–Trinajstić information content (AvgIpc) is 3.39. The Morgan fingerprint density at radius 3 is 2.31 bits per heavy atom. The first-order valence-electron chi connectivity index (χ1n) is 11.7. The summed E-state index contributed by atoms with van der Waals surface area (Å²) in [6.07, 6.45) is 4.95. The lowest BCUT2D eigenvalue weighted by molar-refractivity contribution is -0.140. The van der Waals surface area contributed by atoms with E-state index < -0.39 is 11.4 Å². The van der Waals surface area contributed by atoms with Crippen LogP contribution in [0.3, 0.4) is 0 Å². The summed E-state index contributed by atoms with van der Waals surface area (Å²) in [5.74, 6) is 1.24. The van der Waals surface area contributed by atoms with Crippen LogP contribution in [0, 0.1) is 6.92 Å². The number of rotatable bonds is 7. The Bertz CT molecular complexity index is 1530. The van der Waals surface area contributed by atoms with Crippen molar-refractivity contribution in [3.05, 3.63) is 96.4 Å². The first kappa shape index (κ1) is 21.8. The molecule has 0 saturated heterocycles. The highest BCUT2D eigenvalue weighted by molar-refractivity contribution is 5.85. The van der Waals surface area contributed by atoms with Crippen LogP contribution in [-0.4, -0.2) is 31.0 Å². The zero-order chi connectivity index (χ0) is 24.7. The first-order chi connectivity index (χ1) is 17.5. The van der Waals surface area contributed by atoms with Gasteiger partial charge in [0.15, 0.2) is 11.6 Å². The second-order valence-corrected chi connectivity index (χ2v) is 8.97. The van der Waals surface area contributed by atoms with Crippen molar-refractivity contribution in [1.82, 2.24) is 19.9 Å². The van der Waals surface area contributed by atoms with Gasteiger partial charge in [-0.05, 0) is 54.7 Å². The molecule has 5 aromatic rings. The molecule has 0 bridgehead atoms. The molecule has 6 rings (SSSR count). The largest absolute Gasteiger partial charge is 0.481 e. The van der Waals surface area contributed by atoms with Gasteiger partial charge in [0.05, 0.1) is 5.41 Å². The van der Waals surface area contributed by atoms with Crippen molar-refractivity contribution >= 4 is 17.5 Å². The molecular weight excluding hydrogens is 454 g/mol. The SMILES string of the molecule is Cc1noc(-c2ccc(-c3ccc(C4(C(=O)O)CC4)cc3)cc2)c1Nc1cccc(-n2cccn2)n1. The molecule has 1 aliphatic rings. The van der Waals surface area contributed by atoms with Crippen LogP contribution < -0.4 is 5.32 Å². The Morgan fingerprint density at radius 2 is 1.67 bits per heavy atom. The quantitative estimate of drug-likeness (QED) is 0.307. The maximum atomic E-state index is 11.6. The fourth-order valence-electron chi connectivity index (χ4n) is 4.41. The van der Waals surface area contributed by atoms with E-state index in [0.29, 0.717) is 30.2 Å². The van der Waals surface area contributed by atoms with E-state index in [4.69, 9.17) is 4.52 Å². The van der Waals surface area contributed by atoms with E-state index in [9.17, 15) is 9.90 Å². The lowest BCUT2D eigenvalue weighted by Gasteiger charge is -2.11. The zero-order valence-corrected chi connectivity index (χ0v) is 19.5. The zero-order valence-electron chi connectivity index (χ0n) is 19.5. The number of nitrogens with zero attached hydrogens (tertiary/aromatic N) is 4. The molecule has 3 heterocycles. The summed E-state index contributed by atoms with van der Waals surface area (Å²) in [5.41, 5.74) is 4.59. The van der Waals surface area contributed by atoms with Crippen LogP contribution in [0.1, 0.15) is 24.1 Å². The lowest BCUT2D eigenvalue weighted by atomic mass is 9.93. The Labute approximate surface area is 207 Å². The summed E-state index contributed by atoms with van der Waals surface area (Å²) < 4.78 is 7.37. The monoisotopic (exact) mass is 477 g/mol. The predicted octanol–water partition coefficient (Wildman–Crippen LogP) is 5.76. The second kappa shape index (κ2) is 8.49. The van der Waals surface area contributed by atoms with Crippen molar-refractivity contribution in [2.24, 2.45) is 0 Å². The Balaban J connectivity index is 1.24. The molecule has 2 N–H and O–H groups in total. The lowest BCUT2D eigenvalue weighted by Crippen LogP contribution is -2.19. The number of benzene rings is 2. The number of carboxylic acids is 1. The number of aromatic nitrogens is 4. The molecular formula is C28H23N5O3. The summed E-state index contributed by atoms with van der Waals surface area (Å²) in [5, 5.41) is 21.3. The van der Waals surface area contributed by atoms with E-state index in [-0.39, 0.29) is 0 Å². The molecule has 0 unspecified atom stereocenters. The van der Waals surface area contributed by atoms with Crippen molar-refractivity contribution < 1.29 is 14.4 Å². The van der Waals surface area contributed by atoms with Gasteiger partial charge in [0.2, 0.25) is 0 Å². The molecule has 36 heavy (non-hydrogen) atoms. The smallest absolute Gasteiger partial charge is 0.314 e. The summed E-state index contributed by atoms with van der Waals surface area (Å²) in [6, 6.07) is 23.4. The molecule has 0 spiro atoms. The van der Waals surface area contributed by atoms with Crippen molar-refractivity contribution in [1.29, 1.82) is 0 Å². The van der Waals surface area contributed by atoms with E-state index in [1.54, 1.807) is 10.9 Å². The van der Waals surface area contributed by atoms with E-state index in [2.05, 4.69) is 20.6 Å². The minimum atomic E-state index is -0.741. The Hall–Kier alpha value is -4.72. The van der Waals surface area contributed by atoms with Crippen LogP contribution >= 0.6 is 0 Å². The topological polar surface area (TPSA) is 106 Å². The van der Waals surface area contributed by atoms with Crippen molar-refractivity contribution in [3.63, 3.8) is 0 Å². The number of hydrogen-bond donors (Lipinski definition) is 2.